The fourth-order valence-electron chi connectivity index (χ4n) is 6.29. The average molecular weight is 650 g/mol. The number of hydrogen-bond donors (Lipinski definition) is 0. The number of aromatic nitrogens is 5. The summed E-state index contributed by atoms with van der Waals surface area (Å²) < 4.78 is 66.9. The summed E-state index contributed by atoms with van der Waals surface area (Å²) in [6.07, 6.45) is 2.73. The number of rotatable bonds is 10. The van der Waals surface area contributed by atoms with Crippen molar-refractivity contribution in [2.24, 2.45) is 17.8 Å². The number of fused-ring (bicyclic) bond motifs is 1. The van der Waals surface area contributed by atoms with Crippen LogP contribution in [0.25, 0.3) is 0 Å². The van der Waals surface area contributed by atoms with Gasteiger partial charge in [0, 0.05) is 25.6 Å². The van der Waals surface area contributed by atoms with Crippen LogP contribution in [0, 0.1) is 17.8 Å². The molecule has 10 nitrogen and oxygen atoms in total. The van der Waals surface area contributed by atoms with Gasteiger partial charge in [-0.1, -0.05) is 38.9 Å². The third kappa shape index (κ3) is 7.63. The fraction of sp³-hybridized carbons (Fsp3) is 0.656. The summed E-state index contributed by atoms with van der Waals surface area (Å²) in [6.45, 7) is 12.7. The smallest absolute Gasteiger partial charge is 0.453 e. The molecule has 252 valence electrons. The number of hydrogen-bond acceptors (Lipinski definition) is 8. The van der Waals surface area contributed by atoms with E-state index in [-0.39, 0.29) is 42.7 Å². The zero-order valence-electron chi connectivity index (χ0n) is 27.0. The highest BCUT2D eigenvalue weighted by atomic mass is 19.4. The molecular weight excluding hydrogens is 606 g/mol. The van der Waals surface area contributed by atoms with Gasteiger partial charge >= 0.3 is 12.2 Å². The molecule has 0 aromatic carbocycles. The number of carbonyl (C=O) groups excluding carboxylic acids is 1. The van der Waals surface area contributed by atoms with E-state index in [2.05, 4.69) is 39.0 Å². The molecule has 0 N–H and O–H groups in total. The van der Waals surface area contributed by atoms with Gasteiger partial charge in [0.1, 0.15) is 17.8 Å². The topological polar surface area (TPSA) is 102 Å². The van der Waals surface area contributed by atoms with Crippen LogP contribution in [0.5, 0.6) is 0 Å². The molecule has 2 aromatic heterocycles. The van der Waals surface area contributed by atoms with E-state index in [4.69, 9.17) is 9.26 Å². The Morgan fingerprint density at radius 3 is 2.50 bits per heavy atom. The quantitative estimate of drug-likeness (QED) is 0.272. The number of piperidine rings is 1. The monoisotopic (exact) mass is 649 g/mol. The van der Waals surface area contributed by atoms with Gasteiger partial charge in [-0.15, -0.1) is 5.10 Å². The van der Waals surface area contributed by atoms with Gasteiger partial charge in [-0.3, -0.25) is 4.79 Å². The average Bonchev–Trinajstić information content (AvgIpc) is 3.66. The molecule has 2 unspecified atom stereocenters. The van der Waals surface area contributed by atoms with Crippen molar-refractivity contribution in [3.05, 3.63) is 53.1 Å². The lowest BCUT2D eigenvalue weighted by molar-refractivity contribution is -0.145. The normalized spacial score (nSPS) is 22.3. The van der Waals surface area contributed by atoms with Gasteiger partial charge in [-0.25, -0.2) is 14.1 Å². The van der Waals surface area contributed by atoms with Crippen LogP contribution in [0.3, 0.4) is 0 Å². The van der Waals surface area contributed by atoms with Crippen LogP contribution in [0.2, 0.25) is 0 Å². The van der Waals surface area contributed by atoms with Crippen LogP contribution in [-0.4, -0.2) is 68.1 Å². The minimum absolute atomic E-state index is 0.0620. The predicted octanol–water partition coefficient (Wildman–Crippen LogP) is 6.41. The van der Waals surface area contributed by atoms with Gasteiger partial charge in [-0.05, 0) is 67.7 Å². The van der Waals surface area contributed by atoms with Gasteiger partial charge in [-0.2, -0.15) is 18.2 Å². The Morgan fingerprint density at radius 1 is 1.09 bits per heavy atom. The van der Waals surface area contributed by atoms with Crippen LogP contribution in [0.4, 0.5) is 23.6 Å². The molecule has 0 saturated carbocycles. The van der Waals surface area contributed by atoms with E-state index in [9.17, 15) is 18.0 Å². The maximum Gasteiger partial charge on any atom is 0.453 e. The van der Waals surface area contributed by atoms with E-state index in [1.807, 2.05) is 13.8 Å². The molecule has 2 aromatic rings. The van der Waals surface area contributed by atoms with Gasteiger partial charge < -0.3 is 19.1 Å². The van der Waals surface area contributed by atoms with E-state index in [1.54, 1.807) is 25.2 Å². The van der Waals surface area contributed by atoms with Crippen molar-refractivity contribution in [1.29, 1.82) is 0 Å². The summed E-state index contributed by atoms with van der Waals surface area (Å²) >= 11 is 0. The second-order valence-electron chi connectivity index (χ2n) is 12.9. The molecule has 46 heavy (non-hydrogen) atoms. The first-order valence-electron chi connectivity index (χ1n) is 16.1. The van der Waals surface area contributed by atoms with Crippen molar-refractivity contribution in [2.45, 2.75) is 91.2 Å². The van der Waals surface area contributed by atoms with E-state index in [0.717, 1.165) is 38.2 Å². The first-order chi connectivity index (χ1) is 21.8. The Balaban J connectivity index is 1.09. The molecule has 1 amide bonds. The number of anilines is 1. The Kier molecular flexibility index (Phi) is 10.2. The summed E-state index contributed by atoms with van der Waals surface area (Å²) in [5.74, 6) is 1.41. The third-order valence-electron chi connectivity index (χ3n) is 9.51. The third-order valence-corrected chi connectivity index (χ3v) is 9.51. The molecule has 14 heteroatoms. The number of ether oxygens (including phenoxy) is 1. The van der Waals surface area contributed by atoms with Gasteiger partial charge in [0.25, 0.3) is 5.82 Å². The molecule has 3 aliphatic rings. The standard InChI is InChI=1S/C32H43F4N7O3/c1-19(2)28-37-31(46-40-28)41-13-10-23(11-14-41)21(4)20(3)12-17-45-25-7-6-24(26(33)9-8-25)18-27(44)42-15-16-43-29(22(42)5)38-30(39-43)32(34,35)36/h6-9,19-23,26H,10-18H2,1-5H3/t20-,21-,22?,26?/m0/s1. The Bertz CT molecular complexity index is 1460. The SMILES string of the molecule is CC(C)c1noc(N2CCC([C@@H](C)[C@@H](C)CCOC3=CC=C(CC(=O)N4CCn5nc(C(F)(F)F)nc5C4C)C(F)C=C3)CC2)n1. The molecule has 4 atom stereocenters. The van der Waals surface area contributed by atoms with Crippen LogP contribution in [-0.2, 0) is 22.3 Å². The summed E-state index contributed by atoms with van der Waals surface area (Å²) in [6, 6.07) is -0.119. The molecular formula is C32H43F4N7O3. The number of alkyl halides is 4. The zero-order chi connectivity index (χ0) is 33.2. The van der Waals surface area contributed by atoms with Gasteiger partial charge in [0.05, 0.1) is 25.6 Å². The minimum atomic E-state index is -4.67. The zero-order valence-corrected chi connectivity index (χ0v) is 27.0. The summed E-state index contributed by atoms with van der Waals surface area (Å²) in [7, 11) is 0. The highest BCUT2D eigenvalue weighted by Crippen LogP contribution is 2.34. The van der Waals surface area contributed by atoms with Crippen LogP contribution >= 0.6 is 0 Å². The van der Waals surface area contributed by atoms with Crippen molar-refractivity contribution in [1.82, 2.24) is 29.8 Å². The van der Waals surface area contributed by atoms with Crippen molar-refractivity contribution >= 4 is 11.9 Å². The van der Waals surface area contributed by atoms with Crippen molar-refractivity contribution in [3.63, 3.8) is 0 Å². The summed E-state index contributed by atoms with van der Waals surface area (Å²) in [5, 5.41) is 7.61. The molecule has 5 rings (SSSR count). The highest BCUT2D eigenvalue weighted by Gasteiger charge is 2.40. The lowest BCUT2D eigenvalue weighted by Gasteiger charge is -2.36. The number of allylic oxidation sites excluding steroid dienone is 4. The number of amides is 1. The second kappa shape index (κ2) is 14.0. The molecule has 0 radical (unpaired) electrons. The number of nitrogens with zero attached hydrogens (tertiary/aromatic N) is 7. The maximum absolute atomic E-state index is 15.0. The first kappa shape index (κ1) is 33.6. The Hall–Kier alpha value is -3.71. The lowest BCUT2D eigenvalue weighted by atomic mass is 9.77. The van der Waals surface area contributed by atoms with Crippen molar-refractivity contribution in [2.75, 3.05) is 31.1 Å². The molecule has 0 bridgehead atoms. The largest absolute Gasteiger partial charge is 0.494 e. The number of halogens is 4. The highest BCUT2D eigenvalue weighted by molar-refractivity contribution is 5.79. The molecule has 0 spiro atoms. The molecule has 1 saturated heterocycles. The number of carbonyl (C=O) groups is 1. The summed E-state index contributed by atoms with van der Waals surface area (Å²) in [5.41, 5.74) is 0.254. The molecule has 1 aliphatic carbocycles. The van der Waals surface area contributed by atoms with E-state index >= 15 is 4.39 Å². The van der Waals surface area contributed by atoms with Crippen molar-refractivity contribution in [3.8, 4) is 0 Å². The molecule has 4 heterocycles. The summed E-state index contributed by atoms with van der Waals surface area (Å²) in [4.78, 5) is 24.9. The minimum Gasteiger partial charge on any atom is -0.494 e. The van der Waals surface area contributed by atoms with E-state index in [1.165, 1.54) is 15.7 Å². The van der Waals surface area contributed by atoms with Crippen LogP contribution in [0.15, 0.2) is 40.2 Å². The fourth-order valence-corrected chi connectivity index (χ4v) is 6.29. The Morgan fingerprint density at radius 2 is 1.83 bits per heavy atom. The van der Waals surface area contributed by atoms with E-state index < -0.39 is 24.2 Å². The first-order valence-corrected chi connectivity index (χ1v) is 16.1. The van der Waals surface area contributed by atoms with Gasteiger partial charge in [0.2, 0.25) is 5.91 Å². The second-order valence-corrected chi connectivity index (χ2v) is 12.9. The van der Waals surface area contributed by atoms with Crippen molar-refractivity contribution < 1.29 is 31.6 Å². The lowest BCUT2D eigenvalue weighted by Crippen LogP contribution is -2.41. The Labute approximate surface area is 266 Å². The maximum atomic E-state index is 15.0. The van der Waals surface area contributed by atoms with Crippen LogP contribution in [0.1, 0.15) is 89.7 Å². The van der Waals surface area contributed by atoms with Gasteiger partial charge in [0.15, 0.2) is 5.82 Å². The molecule has 2 aliphatic heterocycles. The van der Waals surface area contributed by atoms with Crippen LogP contribution < -0.4 is 4.90 Å². The van der Waals surface area contributed by atoms with E-state index in [0.29, 0.717) is 36.1 Å². The predicted molar refractivity (Wildman–Crippen MR) is 162 cm³/mol. The molecule has 1 fully saturated rings.